The zero-order valence-corrected chi connectivity index (χ0v) is 50.2. The van der Waals surface area contributed by atoms with Crippen LogP contribution in [0.15, 0.2) is 0 Å². The minimum Gasteiger partial charge on any atom is -0.550 e. The zero-order chi connectivity index (χ0) is 65.3. The first-order chi connectivity index (χ1) is 39.6. The second kappa shape index (κ2) is 36.3. The summed E-state index contributed by atoms with van der Waals surface area (Å²) in [5, 5.41) is 87.7. The summed E-state index contributed by atoms with van der Waals surface area (Å²) in [7, 11) is 0. The van der Waals surface area contributed by atoms with Gasteiger partial charge in [-0.25, -0.2) is 0 Å². The summed E-state index contributed by atoms with van der Waals surface area (Å²) < 4.78 is 0. The fourth-order valence-corrected chi connectivity index (χ4v) is 8.86. The van der Waals surface area contributed by atoms with Crippen LogP contribution in [-0.4, -0.2) is 183 Å². The molecule has 0 saturated carbocycles. The maximum absolute atomic E-state index is 14.3. The maximum Gasteiger partial charge on any atom is 0.281 e. The van der Waals surface area contributed by atoms with Crippen molar-refractivity contribution in [2.45, 2.75) is 225 Å². The number of aliphatic carboxylic acids is 4. The van der Waals surface area contributed by atoms with Gasteiger partial charge in [-0.2, -0.15) is 0 Å². The van der Waals surface area contributed by atoms with E-state index in [4.69, 9.17) is 0 Å². The molecule has 482 valence electrons. The molecule has 0 unspecified atom stereocenters. The topological polar surface area (TPSA) is 511 Å². The summed E-state index contributed by atoms with van der Waals surface area (Å²) >= 11 is 0. The third kappa shape index (κ3) is 24.2. The highest BCUT2D eigenvalue weighted by Gasteiger charge is 2.42. The molecule has 0 spiro atoms. The number of carboxylic acids is 4. The summed E-state index contributed by atoms with van der Waals surface area (Å²) in [6.45, 7) is 17.0. The van der Waals surface area contributed by atoms with Crippen LogP contribution >= 0.6 is 0 Å². The fourth-order valence-electron chi connectivity index (χ4n) is 8.86. The van der Waals surface area contributed by atoms with E-state index in [1.807, 2.05) is 16.0 Å². The smallest absolute Gasteiger partial charge is 0.281 e. The van der Waals surface area contributed by atoms with Crippen molar-refractivity contribution in [3.8, 4) is 0 Å². The lowest BCUT2D eigenvalue weighted by atomic mass is 9.93. The molecule has 31 heteroatoms. The Hall–Kier alpha value is -7.54. The first kappa shape index (κ1) is 75.5. The van der Waals surface area contributed by atoms with E-state index in [0.29, 0.717) is 19.3 Å². The fraction of sp³-hybridized carbons (Fsp3) is 0.741. The van der Waals surface area contributed by atoms with Crippen molar-refractivity contribution < 1.29 is 103 Å². The van der Waals surface area contributed by atoms with Gasteiger partial charge in [-0.3, -0.25) is 47.9 Å². The van der Waals surface area contributed by atoms with Gasteiger partial charge in [0.2, 0.25) is 53.2 Å². The number of aliphatic hydroxyl groups excluding tert-OH is 2. The third-order valence-electron chi connectivity index (χ3n) is 15.2. The SMILES string of the molecule is CC[C@H](C)[C@H](NC(=O)[C@H](C)NC(=O)[C@@H](NC(=O)[C@@H]1CCCN1C(=O)[C@@H]([NH3+])CCC(=O)[O-])[C@@H](C)CC)C(=O)N[C@H](C(=O)N[C@H](C(=O)N[C@H](C(=O)N[C@@H](CC(=O)[O-])C(=O)N[C@H](C(=O)N[C@@H](CCC(=O)[O-])C(=O)[O-])[C@@H](C)O)[C@@H](C)O)[C@@H](C)CC)[C@@H](C)CC. The molecule has 0 bridgehead atoms. The summed E-state index contributed by atoms with van der Waals surface area (Å²) in [5.41, 5.74) is 3.75. The first-order valence-electron chi connectivity index (χ1n) is 28.6. The molecule has 0 aromatic heterocycles. The van der Waals surface area contributed by atoms with Crippen LogP contribution in [0.3, 0.4) is 0 Å². The zero-order valence-electron chi connectivity index (χ0n) is 50.2. The Morgan fingerprint density at radius 2 is 0.812 bits per heavy atom. The average molecular weight is 1210 g/mol. The number of aliphatic hydroxyl groups is 2. The van der Waals surface area contributed by atoms with Gasteiger partial charge in [-0.15, -0.1) is 0 Å². The highest BCUT2D eigenvalue weighted by atomic mass is 16.4. The number of hydrogen-bond acceptors (Lipinski definition) is 20. The lowest BCUT2D eigenvalue weighted by Crippen LogP contribution is -2.69. The van der Waals surface area contributed by atoms with Gasteiger partial charge in [0.1, 0.15) is 54.4 Å². The minimum absolute atomic E-state index is 0.101. The third-order valence-corrected chi connectivity index (χ3v) is 15.2. The van der Waals surface area contributed by atoms with Crippen molar-refractivity contribution in [2.24, 2.45) is 23.7 Å². The van der Waals surface area contributed by atoms with Gasteiger partial charge in [0.15, 0.2) is 6.04 Å². The van der Waals surface area contributed by atoms with Gasteiger partial charge in [-0.05, 0) is 76.5 Å². The number of amides is 10. The van der Waals surface area contributed by atoms with Gasteiger partial charge >= 0.3 is 0 Å². The molecule has 0 aromatic carbocycles. The molecular weight excluding hydrogens is 1120 g/mol. The van der Waals surface area contributed by atoms with E-state index in [1.165, 1.54) is 11.8 Å². The van der Waals surface area contributed by atoms with Crippen LogP contribution in [0.25, 0.3) is 0 Å². The lowest BCUT2D eigenvalue weighted by molar-refractivity contribution is -0.408. The van der Waals surface area contributed by atoms with Crippen LogP contribution < -0.4 is 74.0 Å². The molecule has 0 aliphatic carbocycles. The van der Waals surface area contributed by atoms with Crippen molar-refractivity contribution in [1.29, 1.82) is 0 Å². The van der Waals surface area contributed by atoms with Gasteiger partial charge in [0, 0.05) is 37.3 Å². The van der Waals surface area contributed by atoms with Crippen LogP contribution in [0, 0.1) is 23.7 Å². The Morgan fingerprint density at radius 3 is 1.20 bits per heavy atom. The number of nitrogens with one attached hydrogen (secondary N) is 9. The molecular formula is C54H88N11O20-3. The molecule has 85 heavy (non-hydrogen) atoms. The van der Waals surface area contributed by atoms with Crippen molar-refractivity contribution in [1.82, 2.24) is 52.8 Å². The van der Waals surface area contributed by atoms with E-state index in [-0.39, 0.29) is 32.2 Å². The lowest BCUT2D eigenvalue weighted by Gasteiger charge is -2.32. The van der Waals surface area contributed by atoms with Crippen LogP contribution in [0.2, 0.25) is 0 Å². The Balaban J connectivity index is 3.38. The number of carboxylic acid groups (broad SMARTS) is 4. The largest absolute Gasteiger partial charge is 0.550 e. The van der Waals surface area contributed by atoms with Crippen molar-refractivity contribution in [3.63, 3.8) is 0 Å². The van der Waals surface area contributed by atoms with Gasteiger partial charge in [0.05, 0.1) is 24.2 Å². The molecule has 10 amide bonds. The van der Waals surface area contributed by atoms with E-state index in [9.17, 15) is 97.8 Å². The van der Waals surface area contributed by atoms with Crippen molar-refractivity contribution >= 4 is 82.9 Å². The Morgan fingerprint density at radius 1 is 0.459 bits per heavy atom. The number of likely N-dealkylation sites (tertiary alicyclic amines) is 1. The highest BCUT2D eigenvalue weighted by molar-refractivity contribution is 6.00. The van der Waals surface area contributed by atoms with E-state index in [0.717, 1.165) is 13.8 Å². The molecule has 1 saturated heterocycles. The molecule has 1 aliphatic rings. The standard InChI is InChI=1S/C54H91N11O20/c1-12-24(5)38(60-46(76)34-17-16-22-65(34)53(83)31(55)18-20-35(68)69)47(77)56-28(9)44(74)59-39(25(6)13-2)48(78)61-40(26(7)14-3)49(79)62-41(27(8)15-4)50(80)64-43(30(11)67)52(82)58-33(23-37(72)73)45(75)63-42(29(10)66)51(81)57-32(54(84)85)19-21-36(70)71/h24-34,38-43,66-67H,12-23,55H2,1-11H3,(H,56,77)(H,57,81)(H,58,82)(H,59,74)(H,60,76)(H,61,78)(H,62,79)(H,63,75)(H,64,80)(H,68,69)(H,70,71)(H,72,73)(H,84,85)/p-3/t24-,25-,26-,27-,28-,29+,30+,31-,32-,33-,34-,38-,39-,40-,41-,42-,43-/m0/s1. The van der Waals surface area contributed by atoms with Crippen LogP contribution in [0.1, 0.15) is 147 Å². The van der Waals surface area contributed by atoms with Gasteiger partial charge < -0.3 is 108 Å². The molecule has 1 aliphatic heterocycles. The number of quaternary nitrogens is 1. The van der Waals surface area contributed by atoms with Crippen molar-refractivity contribution in [2.75, 3.05) is 6.54 Å². The van der Waals surface area contributed by atoms with Gasteiger partial charge in [-0.1, -0.05) is 81.1 Å². The van der Waals surface area contributed by atoms with Crippen molar-refractivity contribution in [3.05, 3.63) is 0 Å². The second-order valence-electron chi connectivity index (χ2n) is 21.9. The van der Waals surface area contributed by atoms with E-state index in [1.54, 1.807) is 55.4 Å². The highest BCUT2D eigenvalue weighted by Crippen LogP contribution is 2.21. The van der Waals surface area contributed by atoms with Crippen LogP contribution in [-0.2, 0) is 67.1 Å². The molecule has 1 heterocycles. The van der Waals surface area contributed by atoms with Crippen LogP contribution in [0.4, 0.5) is 0 Å². The quantitative estimate of drug-likeness (QED) is 0.0273. The number of hydrogen-bond donors (Lipinski definition) is 12. The van der Waals surface area contributed by atoms with E-state index < -0.39 is 211 Å². The van der Waals surface area contributed by atoms with E-state index in [2.05, 4.69) is 37.6 Å². The summed E-state index contributed by atoms with van der Waals surface area (Å²) in [5.74, 6) is -19.1. The molecule has 17 atom stereocenters. The van der Waals surface area contributed by atoms with Gasteiger partial charge in [0.25, 0.3) is 5.91 Å². The Kier molecular flexibility index (Phi) is 32.3. The minimum atomic E-state index is -2.15. The molecule has 0 radical (unpaired) electrons. The number of carbonyl (C=O) groups is 14. The molecule has 1 rings (SSSR count). The number of rotatable bonds is 38. The van der Waals surface area contributed by atoms with E-state index >= 15 is 0 Å². The summed E-state index contributed by atoms with van der Waals surface area (Å²) in [4.78, 5) is 184. The Bertz CT molecular complexity index is 2380. The molecule has 14 N–H and O–H groups in total. The molecule has 1 fully saturated rings. The van der Waals surface area contributed by atoms with Crippen LogP contribution in [0.5, 0.6) is 0 Å². The first-order valence-corrected chi connectivity index (χ1v) is 28.6. The Labute approximate surface area is 493 Å². The predicted molar refractivity (Wildman–Crippen MR) is 289 cm³/mol. The maximum atomic E-state index is 14.3. The molecule has 31 nitrogen and oxygen atoms in total. The normalized spacial score (nSPS) is 18.7. The summed E-state index contributed by atoms with van der Waals surface area (Å²) in [6, 6.07) is -16.8. The monoisotopic (exact) mass is 1210 g/mol. The second-order valence-corrected chi connectivity index (χ2v) is 21.9. The predicted octanol–water partition coefficient (Wildman–Crippen LogP) is -9.13. The summed E-state index contributed by atoms with van der Waals surface area (Å²) in [6.07, 6.45) is -5.05. The molecule has 0 aromatic rings. The number of carbonyl (C=O) groups excluding carboxylic acids is 14. The average Bonchev–Trinajstić information content (AvgIpc) is 4.22. The number of nitrogens with zero attached hydrogens (tertiary/aromatic N) is 1.